The minimum atomic E-state index is -3.74. The molecule has 0 radical (unpaired) electrons. The Morgan fingerprint density at radius 1 is 1.47 bits per heavy atom. The first kappa shape index (κ1) is 13.5. The smallest absolute Gasteiger partial charge is 0.241 e. The molecule has 0 bridgehead atoms. The maximum absolute atomic E-state index is 13.2. The molecule has 0 aliphatic rings. The number of sulfonamides is 1. The quantitative estimate of drug-likeness (QED) is 0.727. The number of aromatic amines is 1. The predicted octanol–water partition coefficient (Wildman–Crippen LogP) is 0.918. The van der Waals surface area contributed by atoms with Crippen molar-refractivity contribution in [1.29, 1.82) is 0 Å². The number of nitrogens with one attached hydrogen (secondary N) is 2. The fourth-order valence-electron chi connectivity index (χ4n) is 1.59. The van der Waals surface area contributed by atoms with E-state index in [9.17, 15) is 12.8 Å². The van der Waals surface area contributed by atoms with Crippen LogP contribution in [0, 0.1) is 12.7 Å². The van der Waals surface area contributed by atoms with Gasteiger partial charge in [-0.15, -0.1) is 0 Å². The first-order valence-electron chi connectivity index (χ1n) is 5.43. The van der Waals surface area contributed by atoms with Crippen LogP contribution in [0.3, 0.4) is 0 Å². The van der Waals surface area contributed by atoms with Crippen LogP contribution in [-0.2, 0) is 16.6 Å². The van der Waals surface area contributed by atoms with Crippen LogP contribution in [0.25, 0.3) is 0 Å². The van der Waals surface area contributed by atoms with Gasteiger partial charge in [-0.05, 0) is 24.6 Å². The van der Waals surface area contributed by atoms with Crippen molar-refractivity contribution in [3.63, 3.8) is 0 Å². The number of benzene rings is 1. The van der Waals surface area contributed by atoms with Gasteiger partial charge in [-0.3, -0.25) is 5.10 Å². The zero-order valence-corrected chi connectivity index (χ0v) is 11.0. The van der Waals surface area contributed by atoms with E-state index < -0.39 is 15.8 Å². The van der Waals surface area contributed by atoms with Gasteiger partial charge >= 0.3 is 0 Å². The Hall–Kier alpha value is -1.93. The second kappa shape index (κ2) is 4.98. The highest BCUT2D eigenvalue weighted by molar-refractivity contribution is 7.89. The Labute approximate surface area is 109 Å². The molecule has 1 aromatic carbocycles. The molecule has 0 saturated heterocycles. The number of nitrogen functional groups attached to an aromatic ring is 1. The van der Waals surface area contributed by atoms with Crippen LogP contribution < -0.4 is 10.5 Å². The van der Waals surface area contributed by atoms with Crippen molar-refractivity contribution >= 4 is 15.7 Å². The molecule has 6 nitrogen and oxygen atoms in total. The molecule has 0 spiro atoms. The lowest BCUT2D eigenvalue weighted by Gasteiger charge is -2.10. The Bertz CT molecular complexity index is 683. The van der Waals surface area contributed by atoms with E-state index in [1.807, 2.05) is 0 Å². The first-order valence-corrected chi connectivity index (χ1v) is 6.91. The second-order valence-corrected chi connectivity index (χ2v) is 5.81. The van der Waals surface area contributed by atoms with E-state index in [0.717, 1.165) is 12.1 Å². The molecule has 2 rings (SSSR count). The van der Waals surface area contributed by atoms with E-state index in [1.54, 1.807) is 6.20 Å². The summed E-state index contributed by atoms with van der Waals surface area (Å²) in [4.78, 5) is -0.0325. The van der Waals surface area contributed by atoms with E-state index in [4.69, 9.17) is 5.73 Å². The Balaban J connectivity index is 2.27. The summed E-state index contributed by atoms with van der Waals surface area (Å²) < 4.78 is 39.8. The number of hydrogen-bond acceptors (Lipinski definition) is 4. The van der Waals surface area contributed by atoms with E-state index in [2.05, 4.69) is 14.9 Å². The molecule has 19 heavy (non-hydrogen) atoms. The summed E-state index contributed by atoms with van der Waals surface area (Å²) in [5.41, 5.74) is 6.18. The molecular formula is C11H13FN4O2S. The molecular weight excluding hydrogens is 271 g/mol. The maximum atomic E-state index is 13.2. The van der Waals surface area contributed by atoms with Gasteiger partial charge in [-0.25, -0.2) is 17.5 Å². The van der Waals surface area contributed by atoms with Gasteiger partial charge in [0.05, 0.1) is 16.8 Å². The van der Waals surface area contributed by atoms with Crippen molar-refractivity contribution in [3.05, 3.63) is 41.5 Å². The average Bonchev–Trinajstić information content (AvgIpc) is 2.84. The number of aromatic nitrogens is 2. The summed E-state index contributed by atoms with van der Waals surface area (Å²) >= 11 is 0. The molecule has 0 fully saturated rings. The monoisotopic (exact) mass is 284 g/mol. The molecule has 102 valence electrons. The van der Waals surface area contributed by atoms with Crippen LogP contribution in [0.4, 0.5) is 10.1 Å². The second-order valence-electron chi connectivity index (χ2n) is 4.07. The summed E-state index contributed by atoms with van der Waals surface area (Å²) in [7, 11) is -3.74. The van der Waals surface area contributed by atoms with Gasteiger partial charge in [0, 0.05) is 18.3 Å². The number of aryl methyl sites for hydroxylation is 1. The summed E-state index contributed by atoms with van der Waals surface area (Å²) in [5, 5.41) is 6.29. The van der Waals surface area contributed by atoms with Crippen LogP contribution in [-0.4, -0.2) is 18.6 Å². The van der Waals surface area contributed by atoms with E-state index >= 15 is 0 Å². The standard InChI is InChI=1S/C11H13FN4O2S/c1-7-2-9(12)10(13)3-11(7)19(17,18)16-6-8-4-14-15-5-8/h2-5,16H,6,13H2,1H3,(H,14,15). The number of nitrogens with two attached hydrogens (primary N) is 1. The molecule has 1 aromatic heterocycles. The number of H-pyrrole nitrogens is 1. The average molecular weight is 284 g/mol. The van der Waals surface area contributed by atoms with Gasteiger partial charge in [-0.2, -0.15) is 5.10 Å². The van der Waals surface area contributed by atoms with E-state index in [0.29, 0.717) is 11.1 Å². The van der Waals surface area contributed by atoms with Crippen LogP contribution in [0.2, 0.25) is 0 Å². The maximum Gasteiger partial charge on any atom is 0.241 e. The summed E-state index contributed by atoms with van der Waals surface area (Å²) in [5.74, 6) is -0.633. The molecule has 0 aliphatic heterocycles. The highest BCUT2D eigenvalue weighted by atomic mass is 32.2. The third kappa shape index (κ3) is 2.91. The largest absolute Gasteiger partial charge is 0.396 e. The zero-order valence-electron chi connectivity index (χ0n) is 10.1. The Morgan fingerprint density at radius 3 is 2.84 bits per heavy atom. The number of halogens is 1. The lowest BCUT2D eigenvalue weighted by atomic mass is 10.2. The third-order valence-corrected chi connectivity index (χ3v) is 4.15. The van der Waals surface area contributed by atoms with Crippen LogP contribution in [0.1, 0.15) is 11.1 Å². The SMILES string of the molecule is Cc1cc(F)c(N)cc1S(=O)(=O)NCc1cn[nH]c1. The van der Waals surface area contributed by atoms with Crippen molar-refractivity contribution in [2.24, 2.45) is 0 Å². The van der Waals surface area contributed by atoms with Gasteiger partial charge in [0.1, 0.15) is 5.82 Å². The lowest BCUT2D eigenvalue weighted by Crippen LogP contribution is -2.24. The van der Waals surface area contributed by atoms with Crippen molar-refractivity contribution in [3.8, 4) is 0 Å². The molecule has 0 amide bonds. The van der Waals surface area contributed by atoms with Crippen molar-refractivity contribution in [1.82, 2.24) is 14.9 Å². The fourth-order valence-corrected chi connectivity index (χ4v) is 2.87. The molecule has 2 aromatic rings. The number of rotatable bonds is 4. The number of anilines is 1. The molecule has 4 N–H and O–H groups in total. The normalized spacial score (nSPS) is 11.7. The topological polar surface area (TPSA) is 101 Å². The fraction of sp³-hybridized carbons (Fsp3) is 0.182. The molecule has 0 saturated carbocycles. The van der Waals surface area contributed by atoms with Crippen LogP contribution in [0.5, 0.6) is 0 Å². The van der Waals surface area contributed by atoms with Crippen molar-refractivity contribution in [2.45, 2.75) is 18.4 Å². The third-order valence-electron chi connectivity index (χ3n) is 2.60. The van der Waals surface area contributed by atoms with Gasteiger partial charge < -0.3 is 5.73 Å². The van der Waals surface area contributed by atoms with Gasteiger partial charge in [-0.1, -0.05) is 0 Å². The molecule has 1 heterocycles. The molecule has 0 atom stereocenters. The molecule has 8 heteroatoms. The Kier molecular flexibility index (Phi) is 3.54. The van der Waals surface area contributed by atoms with E-state index in [1.165, 1.54) is 13.1 Å². The van der Waals surface area contributed by atoms with Gasteiger partial charge in [0.2, 0.25) is 10.0 Å². The van der Waals surface area contributed by atoms with Crippen molar-refractivity contribution in [2.75, 3.05) is 5.73 Å². The van der Waals surface area contributed by atoms with Crippen LogP contribution in [0.15, 0.2) is 29.4 Å². The van der Waals surface area contributed by atoms with Gasteiger partial charge in [0.25, 0.3) is 0 Å². The number of hydrogen-bond donors (Lipinski definition) is 3. The zero-order chi connectivity index (χ0) is 14.0. The highest BCUT2D eigenvalue weighted by Gasteiger charge is 2.18. The minimum Gasteiger partial charge on any atom is -0.396 e. The van der Waals surface area contributed by atoms with Crippen LogP contribution >= 0.6 is 0 Å². The van der Waals surface area contributed by atoms with E-state index in [-0.39, 0.29) is 17.1 Å². The highest BCUT2D eigenvalue weighted by Crippen LogP contribution is 2.21. The predicted molar refractivity (Wildman–Crippen MR) is 68.2 cm³/mol. The minimum absolute atomic E-state index is 0.0325. The first-order chi connectivity index (χ1) is 8.90. The van der Waals surface area contributed by atoms with Crippen molar-refractivity contribution < 1.29 is 12.8 Å². The van der Waals surface area contributed by atoms with Gasteiger partial charge in [0.15, 0.2) is 0 Å². The summed E-state index contributed by atoms with van der Waals surface area (Å²) in [6.45, 7) is 1.60. The summed E-state index contributed by atoms with van der Waals surface area (Å²) in [6.07, 6.45) is 3.09. The lowest BCUT2D eigenvalue weighted by molar-refractivity contribution is 0.579. The molecule has 0 aliphatic carbocycles. The Morgan fingerprint density at radius 2 is 2.21 bits per heavy atom. The summed E-state index contributed by atoms with van der Waals surface area (Å²) in [6, 6.07) is 2.21. The number of nitrogens with zero attached hydrogens (tertiary/aromatic N) is 1. The molecule has 0 unspecified atom stereocenters.